The maximum absolute atomic E-state index is 12.7. The van der Waals surface area contributed by atoms with Gasteiger partial charge in [0.1, 0.15) is 18.5 Å². The number of amides is 1. The first kappa shape index (κ1) is 27.0. The van der Waals surface area contributed by atoms with Gasteiger partial charge in [-0.25, -0.2) is 4.79 Å². The fourth-order valence-corrected chi connectivity index (χ4v) is 3.33. The normalized spacial score (nSPS) is 12.5. The first-order valence-corrected chi connectivity index (χ1v) is 11.8. The quantitative estimate of drug-likeness (QED) is 0.255. The van der Waals surface area contributed by atoms with E-state index in [1.54, 1.807) is 48.5 Å². The van der Waals surface area contributed by atoms with E-state index >= 15 is 0 Å². The summed E-state index contributed by atoms with van der Waals surface area (Å²) in [5.41, 5.74) is 1.20. The number of halogens is 1. The molecule has 10 heteroatoms. The molecule has 2 aromatic rings. The second kappa shape index (κ2) is 14.8. The number of nitrogens with one attached hydrogen (secondary N) is 1. The predicted octanol–water partition coefficient (Wildman–Crippen LogP) is 4.38. The summed E-state index contributed by atoms with van der Waals surface area (Å²) in [6, 6.07) is 14.1. The van der Waals surface area contributed by atoms with E-state index in [1.165, 1.54) is 0 Å². The van der Waals surface area contributed by atoms with Gasteiger partial charge in [0.15, 0.2) is 6.10 Å². The van der Waals surface area contributed by atoms with Crippen molar-refractivity contribution in [1.29, 1.82) is 0 Å². The van der Waals surface area contributed by atoms with Crippen molar-refractivity contribution in [2.24, 2.45) is 0 Å². The topological polar surface area (TPSA) is 103 Å². The van der Waals surface area contributed by atoms with Gasteiger partial charge in [-0.2, -0.15) is 12.6 Å². The van der Waals surface area contributed by atoms with Gasteiger partial charge < -0.3 is 24.1 Å². The van der Waals surface area contributed by atoms with Crippen molar-refractivity contribution in [2.75, 3.05) is 37.5 Å². The van der Waals surface area contributed by atoms with Crippen molar-refractivity contribution >= 4 is 46.3 Å². The molecule has 0 aliphatic carbocycles. The summed E-state index contributed by atoms with van der Waals surface area (Å²) < 4.78 is 23.2. The van der Waals surface area contributed by atoms with Crippen LogP contribution in [0.2, 0.25) is 0 Å². The van der Waals surface area contributed by atoms with Crippen LogP contribution in [0.1, 0.15) is 25.0 Å². The van der Waals surface area contributed by atoms with Crippen LogP contribution in [0.4, 0.5) is 10.5 Å². The van der Waals surface area contributed by atoms with Crippen molar-refractivity contribution in [3.05, 3.63) is 58.6 Å². The zero-order valence-corrected chi connectivity index (χ0v) is 20.7. The van der Waals surface area contributed by atoms with Gasteiger partial charge in [-0.1, -0.05) is 28.1 Å². The van der Waals surface area contributed by atoms with Gasteiger partial charge in [-0.3, -0.25) is 10.1 Å². The standard InChI is InChI=1S/C23H28BrNO7S/c1-2-29-20(10-12-31-21(27)15-33)22(16-4-3-5-19(14-16)30-13-11-26)32-23(28)25-18-8-6-17(24)7-9-18/h3-9,14,20,22,26,33H,2,10-13,15H2,1H3,(H,25,28)/t20-,22-/m1/s1. The Bertz CT molecular complexity index is 881. The Morgan fingerprint density at radius 1 is 1.15 bits per heavy atom. The molecule has 0 spiro atoms. The number of aliphatic hydroxyl groups excluding tert-OH is 1. The average molecular weight is 542 g/mol. The molecule has 180 valence electrons. The number of carbonyl (C=O) groups is 2. The molecule has 0 unspecified atom stereocenters. The zero-order valence-electron chi connectivity index (χ0n) is 18.2. The third-order valence-electron chi connectivity index (χ3n) is 4.38. The van der Waals surface area contributed by atoms with E-state index in [0.29, 0.717) is 30.0 Å². The van der Waals surface area contributed by atoms with E-state index in [0.717, 1.165) is 4.47 Å². The number of benzene rings is 2. The van der Waals surface area contributed by atoms with Gasteiger partial charge in [0.25, 0.3) is 0 Å². The Morgan fingerprint density at radius 2 is 1.91 bits per heavy atom. The van der Waals surface area contributed by atoms with E-state index in [4.69, 9.17) is 24.1 Å². The van der Waals surface area contributed by atoms with Gasteiger partial charge in [0.05, 0.1) is 19.0 Å². The first-order chi connectivity index (χ1) is 16.0. The number of carbonyl (C=O) groups excluding carboxylic acids is 2. The number of thiol groups is 1. The van der Waals surface area contributed by atoms with Crippen LogP contribution in [-0.2, 0) is 19.0 Å². The summed E-state index contributed by atoms with van der Waals surface area (Å²) >= 11 is 7.25. The number of aliphatic hydroxyl groups is 1. The first-order valence-electron chi connectivity index (χ1n) is 10.4. The molecule has 0 radical (unpaired) electrons. The maximum atomic E-state index is 12.7. The minimum Gasteiger partial charge on any atom is -0.491 e. The highest BCUT2D eigenvalue weighted by atomic mass is 79.9. The number of esters is 1. The lowest BCUT2D eigenvalue weighted by Crippen LogP contribution is -2.30. The summed E-state index contributed by atoms with van der Waals surface area (Å²) in [5.74, 6) is 0.0395. The number of anilines is 1. The molecule has 33 heavy (non-hydrogen) atoms. The highest BCUT2D eigenvalue weighted by Gasteiger charge is 2.28. The third kappa shape index (κ3) is 9.63. The molecule has 2 rings (SSSR count). The van der Waals surface area contributed by atoms with Gasteiger partial charge >= 0.3 is 12.1 Å². The fourth-order valence-electron chi connectivity index (χ4n) is 2.97. The average Bonchev–Trinajstić information content (AvgIpc) is 2.82. The Labute approximate surface area is 207 Å². The lowest BCUT2D eigenvalue weighted by atomic mass is 10.0. The molecular weight excluding hydrogens is 514 g/mol. The SMILES string of the molecule is CCO[C@H](CCOC(=O)CS)[C@H](OC(=O)Nc1ccc(Br)cc1)c1cccc(OCCO)c1. The molecule has 0 fully saturated rings. The lowest BCUT2D eigenvalue weighted by molar-refractivity contribution is -0.142. The predicted molar refractivity (Wildman–Crippen MR) is 131 cm³/mol. The maximum Gasteiger partial charge on any atom is 0.412 e. The minimum atomic E-state index is -0.812. The van der Waals surface area contributed by atoms with Crippen LogP contribution in [0.5, 0.6) is 5.75 Å². The molecule has 8 nitrogen and oxygen atoms in total. The van der Waals surface area contributed by atoms with E-state index in [1.807, 2.05) is 6.92 Å². The van der Waals surface area contributed by atoms with Crippen LogP contribution in [0.25, 0.3) is 0 Å². The number of hydrogen-bond acceptors (Lipinski definition) is 8. The molecule has 0 aromatic heterocycles. The Hall–Kier alpha value is -2.27. The second-order valence-corrected chi connectivity index (χ2v) is 8.00. The Morgan fingerprint density at radius 3 is 2.58 bits per heavy atom. The molecule has 0 aliphatic heterocycles. The van der Waals surface area contributed by atoms with Crippen molar-refractivity contribution < 1.29 is 33.6 Å². The molecule has 0 bridgehead atoms. The molecule has 1 amide bonds. The molecular formula is C23H28BrNO7S. The number of ether oxygens (including phenoxy) is 4. The summed E-state index contributed by atoms with van der Waals surface area (Å²) in [6.07, 6.45) is -1.77. The van der Waals surface area contributed by atoms with E-state index in [-0.39, 0.29) is 25.6 Å². The van der Waals surface area contributed by atoms with Crippen molar-refractivity contribution in [3.63, 3.8) is 0 Å². The third-order valence-corrected chi connectivity index (χ3v) is 5.17. The van der Waals surface area contributed by atoms with Crippen LogP contribution in [0, 0.1) is 0 Å². The smallest absolute Gasteiger partial charge is 0.412 e. The fraction of sp³-hybridized carbons (Fsp3) is 0.391. The highest BCUT2D eigenvalue weighted by molar-refractivity contribution is 9.10. The summed E-state index contributed by atoms with van der Waals surface area (Å²) in [4.78, 5) is 24.2. The van der Waals surface area contributed by atoms with Crippen LogP contribution >= 0.6 is 28.6 Å². The zero-order chi connectivity index (χ0) is 24.1. The van der Waals surface area contributed by atoms with Crippen LogP contribution in [0.15, 0.2) is 53.0 Å². The van der Waals surface area contributed by atoms with Crippen molar-refractivity contribution in [2.45, 2.75) is 25.6 Å². The molecule has 2 atom stereocenters. The largest absolute Gasteiger partial charge is 0.491 e. The lowest BCUT2D eigenvalue weighted by Gasteiger charge is -2.27. The second-order valence-electron chi connectivity index (χ2n) is 6.76. The highest BCUT2D eigenvalue weighted by Crippen LogP contribution is 2.29. The molecule has 2 N–H and O–H groups in total. The van der Waals surface area contributed by atoms with Crippen molar-refractivity contribution in [3.8, 4) is 5.75 Å². The molecule has 0 saturated carbocycles. The van der Waals surface area contributed by atoms with Crippen molar-refractivity contribution in [1.82, 2.24) is 0 Å². The van der Waals surface area contributed by atoms with Gasteiger partial charge in [0, 0.05) is 23.2 Å². The molecule has 2 aromatic carbocycles. The Kier molecular flexibility index (Phi) is 12.1. The number of rotatable bonds is 13. The number of hydrogen-bond donors (Lipinski definition) is 3. The molecule has 0 heterocycles. The van der Waals surface area contributed by atoms with Crippen LogP contribution in [-0.4, -0.2) is 55.5 Å². The molecule has 0 aliphatic rings. The minimum absolute atomic E-state index is 0.0287. The van der Waals surface area contributed by atoms with Gasteiger partial charge in [-0.15, -0.1) is 0 Å². The Balaban J connectivity index is 2.23. The summed E-state index contributed by atoms with van der Waals surface area (Å²) in [7, 11) is 0. The van der Waals surface area contributed by atoms with E-state index in [9.17, 15) is 9.59 Å². The summed E-state index contributed by atoms with van der Waals surface area (Å²) in [5, 5.41) is 11.7. The molecule has 0 saturated heterocycles. The van der Waals surface area contributed by atoms with Crippen LogP contribution in [0.3, 0.4) is 0 Å². The van der Waals surface area contributed by atoms with Crippen LogP contribution < -0.4 is 10.1 Å². The van der Waals surface area contributed by atoms with E-state index in [2.05, 4.69) is 33.9 Å². The monoisotopic (exact) mass is 541 g/mol. The van der Waals surface area contributed by atoms with E-state index < -0.39 is 24.3 Å². The van der Waals surface area contributed by atoms with Gasteiger partial charge in [0.2, 0.25) is 0 Å². The van der Waals surface area contributed by atoms with Gasteiger partial charge in [-0.05, 0) is 48.9 Å². The summed E-state index contributed by atoms with van der Waals surface area (Å²) in [6.45, 7) is 2.27.